The number of hydrogen-bond acceptors (Lipinski definition) is 4. The second kappa shape index (κ2) is 10.8. The highest BCUT2D eigenvalue weighted by Gasteiger charge is 2.29. The third-order valence-corrected chi connectivity index (χ3v) is 3.70. The fraction of sp³-hybridized carbons (Fsp3) is 0.625. The molecule has 0 spiro atoms. The molecule has 6 nitrogen and oxygen atoms in total. The molecular formula is C16H27IN4O2. The van der Waals surface area contributed by atoms with E-state index in [-0.39, 0.29) is 24.0 Å². The summed E-state index contributed by atoms with van der Waals surface area (Å²) in [5.74, 6) is 0.735. The molecule has 1 fully saturated rings. The van der Waals surface area contributed by atoms with Crippen molar-refractivity contribution in [3.8, 4) is 0 Å². The largest absolute Gasteiger partial charge is 0.388 e. The summed E-state index contributed by atoms with van der Waals surface area (Å²) in [6.45, 7) is 5.18. The Kier molecular flexibility index (Phi) is 9.42. The number of aromatic nitrogens is 1. The van der Waals surface area contributed by atoms with Crippen LogP contribution < -0.4 is 10.6 Å². The van der Waals surface area contributed by atoms with Gasteiger partial charge in [-0.25, -0.2) is 0 Å². The third kappa shape index (κ3) is 7.45. The number of aliphatic imine (C=N–C) groups is 1. The summed E-state index contributed by atoms with van der Waals surface area (Å²) >= 11 is 0. The second-order valence-corrected chi connectivity index (χ2v) is 5.53. The van der Waals surface area contributed by atoms with E-state index in [9.17, 15) is 5.11 Å². The van der Waals surface area contributed by atoms with Crippen molar-refractivity contribution in [2.24, 2.45) is 4.99 Å². The van der Waals surface area contributed by atoms with Gasteiger partial charge in [0, 0.05) is 57.5 Å². The standard InChI is InChI=1S/C16H26N4O2.HI/c1-2-17-15(19-10-6-14-5-3-4-9-18-14)20-13-16(21)7-11-22-12-8-16;/h3-5,9,21H,2,6-8,10-13H2,1H3,(H2,17,19,20);1H. The van der Waals surface area contributed by atoms with Crippen LogP contribution in [0.5, 0.6) is 0 Å². The van der Waals surface area contributed by atoms with Crippen molar-refractivity contribution in [1.29, 1.82) is 0 Å². The lowest BCUT2D eigenvalue weighted by atomic mass is 9.95. The molecule has 23 heavy (non-hydrogen) atoms. The predicted octanol–water partition coefficient (Wildman–Crippen LogP) is 1.34. The summed E-state index contributed by atoms with van der Waals surface area (Å²) < 4.78 is 5.29. The van der Waals surface area contributed by atoms with E-state index in [0.29, 0.717) is 32.6 Å². The summed E-state index contributed by atoms with van der Waals surface area (Å²) in [6.07, 6.45) is 3.92. The van der Waals surface area contributed by atoms with E-state index in [1.54, 1.807) is 6.20 Å². The molecule has 0 radical (unpaired) electrons. The minimum absolute atomic E-state index is 0. The van der Waals surface area contributed by atoms with Gasteiger partial charge in [0.25, 0.3) is 0 Å². The first-order valence-corrected chi connectivity index (χ1v) is 7.94. The smallest absolute Gasteiger partial charge is 0.191 e. The van der Waals surface area contributed by atoms with Crippen LogP contribution in [0.4, 0.5) is 0 Å². The van der Waals surface area contributed by atoms with Gasteiger partial charge in [-0.3, -0.25) is 9.98 Å². The van der Waals surface area contributed by atoms with E-state index < -0.39 is 5.60 Å². The molecule has 2 heterocycles. The molecule has 1 aliphatic heterocycles. The van der Waals surface area contributed by atoms with Gasteiger partial charge < -0.3 is 20.5 Å². The van der Waals surface area contributed by atoms with Gasteiger partial charge in [-0.15, -0.1) is 24.0 Å². The Labute approximate surface area is 155 Å². The maximum absolute atomic E-state index is 10.4. The molecule has 1 aliphatic rings. The normalized spacial score (nSPS) is 17.2. The van der Waals surface area contributed by atoms with Gasteiger partial charge in [0.15, 0.2) is 5.96 Å². The first-order valence-electron chi connectivity index (χ1n) is 7.94. The molecule has 0 aromatic carbocycles. The van der Waals surface area contributed by atoms with Crippen LogP contribution in [0.3, 0.4) is 0 Å². The molecule has 0 bridgehead atoms. The van der Waals surface area contributed by atoms with Crippen molar-refractivity contribution in [1.82, 2.24) is 15.6 Å². The van der Waals surface area contributed by atoms with Gasteiger partial charge in [0.1, 0.15) is 0 Å². The monoisotopic (exact) mass is 434 g/mol. The van der Waals surface area contributed by atoms with Crippen LogP contribution in [0.1, 0.15) is 25.5 Å². The SMILES string of the molecule is CCNC(=NCC1(O)CCOCC1)NCCc1ccccn1.I. The molecule has 3 N–H and O–H groups in total. The molecule has 1 aromatic heterocycles. The molecule has 0 unspecified atom stereocenters. The van der Waals surface area contributed by atoms with Gasteiger partial charge in [0.2, 0.25) is 0 Å². The molecule has 0 aliphatic carbocycles. The average molecular weight is 434 g/mol. The van der Waals surface area contributed by atoms with Gasteiger partial charge >= 0.3 is 0 Å². The zero-order valence-electron chi connectivity index (χ0n) is 13.6. The number of hydrogen-bond donors (Lipinski definition) is 3. The Morgan fingerprint density at radius 2 is 2.13 bits per heavy atom. The Bertz CT molecular complexity index is 464. The summed E-state index contributed by atoms with van der Waals surface area (Å²) in [4.78, 5) is 8.81. The minimum Gasteiger partial charge on any atom is -0.388 e. The first kappa shape index (κ1) is 20.1. The Hall–Kier alpha value is -0.930. The summed E-state index contributed by atoms with van der Waals surface area (Å²) in [6, 6.07) is 5.91. The van der Waals surface area contributed by atoms with E-state index in [1.165, 1.54) is 0 Å². The molecule has 7 heteroatoms. The Morgan fingerprint density at radius 3 is 2.78 bits per heavy atom. The van der Waals surface area contributed by atoms with Crippen LogP contribution in [-0.2, 0) is 11.2 Å². The zero-order valence-corrected chi connectivity index (χ0v) is 16.0. The number of rotatable bonds is 6. The van der Waals surface area contributed by atoms with Gasteiger partial charge in [-0.2, -0.15) is 0 Å². The van der Waals surface area contributed by atoms with Crippen LogP contribution in [-0.4, -0.2) is 54.5 Å². The lowest BCUT2D eigenvalue weighted by Gasteiger charge is -2.30. The molecular weight excluding hydrogens is 407 g/mol. The fourth-order valence-corrected chi connectivity index (χ4v) is 2.33. The molecule has 0 saturated carbocycles. The first-order chi connectivity index (χ1) is 10.7. The van der Waals surface area contributed by atoms with Crippen LogP contribution in [0.2, 0.25) is 0 Å². The Balaban J connectivity index is 0.00000264. The van der Waals surface area contributed by atoms with E-state index in [2.05, 4.69) is 20.6 Å². The molecule has 2 rings (SSSR count). The lowest BCUT2D eigenvalue weighted by molar-refractivity contribution is -0.0565. The molecule has 1 aromatic rings. The van der Waals surface area contributed by atoms with Crippen molar-refractivity contribution < 1.29 is 9.84 Å². The van der Waals surface area contributed by atoms with Crippen LogP contribution >= 0.6 is 24.0 Å². The van der Waals surface area contributed by atoms with Crippen molar-refractivity contribution >= 4 is 29.9 Å². The van der Waals surface area contributed by atoms with Crippen molar-refractivity contribution in [2.45, 2.75) is 31.8 Å². The number of ether oxygens (including phenoxy) is 1. The van der Waals surface area contributed by atoms with Gasteiger partial charge in [-0.1, -0.05) is 6.07 Å². The van der Waals surface area contributed by atoms with E-state index in [1.807, 2.05) is 25.1 Å². The minimum atomic E-state index is -0.735. The van der Waals surface area contributed by atoms with E-state index in [0.717, 1.165) is 31.2 Å². The van der Waals surface area contributed by atoms with Crippen molar-refractivity contribution in [2.75, 3.05) is 32.8 Å². The van der Waals surface area contributed by atoms with Crippen molar-refractivity contribution in [3.05, 3.63) is 30.1 Å². The van der Waals surface area contributed by atoms with Crippen LogP contribution in [0.25, 0.3) is 0 Å². The van der Waals surface area contributed by atoms with Gasteiger partial charge in [0.05, 0.1) is 12.1 Å². The topological polar surface area (TPSA) is 78.8 Å². The number of guanidine groups is 1. The third-order valence-electron chi connectivity index (χ3n) is 3.70. The Morgan fingerprint density at radius 1 is 1.35 bits per heavy atom. The zero-order chi connectivity index (χ0) is 15.7. The van der Waals surface area contributed by atoms with E-state index >= 15 is 0 Å². The summed E-state index contributed by atoms with van der Waals surface area (Å²) in [5, 5.41) is 16.9. The predicted molar refractivity (Wildman–Crippen MR) is 102 cm³/mol. The quantitative estimate of drug-likeness (QED) is 0.358. The number of pyridine rings is 1. The number of nitrogens with zero attached hydrogens (tertiary/aromatic N) is 2. The van der Waals surface area contributed by atoms with Crippen LogP contribution in [0, 0.1) is 0 Å². The average Bonchev–Trinajstić information content (AvgIpc) is 2.54. The number of nitrogens with one attached hydrogen (secondary N) is 2. The highest BCUT2D eigenvalue weighted by Crippen LogP contribution is 2.20. The number of aliphatic hydroxyl groups is 1. The van der Waals surface area contributed by atoms with E-state index in [4.69, 9.17) is 4.74 Å². The molecule has 130 valence electrons. The summed E-state index contributed by atoms with van der Waals surface area (Å²) in [7, 11) is 0. The fourth-order valence-electron chi connectivity index (χ4n) is 2.33. The van der Waals surface area contributed by atoms with Crippen molar-refractivity contribution in [3.63, 3.8) is 0 Å². The molecule has 1 saturated heterocycles. The maximum Gasteiger partial charge on any atom is 0.191 e. The lowest BCUT2D eigenvalue weighted by Crippen LogP contribution is -2.43. The van der Waals surface area contributed by atoms with Gasteiger partial charge in [-0.05, 0) is 19.1 Å². The molecule has 0 atom stereocenters. The highest BCUT2D eigenvalue weighted by atomic mass is 127. The number of halogens is 1. The summed E-state index contributed by atoms with van der Waals surface area (Å²) in [5.41, 5.74) is 0.315. The second-order valence-electron chi connectivity index (χ2n) is 5.53. The highest BCUT2D eigenvalue weighted by molar-refractivity contribution is 14.0. The maximum atomic E-state index is 10.4. The van der Waals surface area contributed by atoms with Crippen LogP contribution in [0.15, 0.2) is 29.4 Å². The molecule has 0 amide bonds.